The molecule has 0 aliphatic rings. The van der Waals surface area contributed by atoms with Gasteiger partial charge in [-0.05, 0) is 17.7 Å². The Morgan fingerprint density at radius 2 is 2.05 bits per heavy atom. The summed E-state index contributed by atoms with van der Waals surface area (Å²) in [5.74, 6) is -0.227. The molecule has 0 spiro atoms. The molecule has 0 radical (unpaired) electrons. The summed E-state index contributed by atoms with van der Waals surface area (Å²) in [5, 5.41) is 6.58. The molecular weight excluding hydrogens is 339 g/mol. The lowest BCUT2D eigenvalue weighted by Gasteiger charge is -2.13. The van der Waals surface area contributed by atoms with Crippen LogP contribution in [0, 0.1) is 5.82 Å². The van der Waals surface area contributed by atoms with E-state index < -0.39 is 0 Å². The molecule has 2 aromatic rings. The van der Waals surface area contributed by atoms with Crippen molar-refractivity contribution < 1.29 is 4.39 Å². The van der Waals surface area contributed by atoms with E-state index in [9.17, 15) is 4.39 Å². The Balaban J connectivity index is 1.91. The maximum atomic E-state index is 13.0. The number of hydrogen-bond donors (Lipinski definition) is 1. The van der Waals surface area contributed by atoms with E-state index in [0.717, 1.165) is 27.3 Å². The van der Waals surface area contributed by atoms with E-state index in [2.05, 4.69) is 52.4 Å². The van der Waals surface area contributed by atoms with E-state index in [1.54, 1.807) is 17.4 Å². The molecule has 0 unspecified atom stereocenters. The topological polar surface area (TPSA) is 24.9 Å². The summed E-state index contributed by atoms with van der Waals surface area (Å²) >= 11 is 5.07. The Labute approximate surface area is 131 Å². The standard InChI is InChI=1S/C15H18BrFN2S/c1-15(2,3)14-19-12(9-20-14)8-18-7-10-4-5-11(17)6-13(10)16/h4-6,9,18H,7-8H2,1-3H3. The van der Waals surface area contributed by atoms with Gasteiger partial charge in [0.2, 0.25) is 0 Å². The van der Waals surface area contributed by atoms with Gasteiger partial charge in [0.15, 0.2) is 0 Å². The molecule has 0 saturated heterocycles. The van der Waals surface area contributed by atoms with Crippen molar-refractivity contribution >= 4 is 27.3 Å². The molecular formula is C15H18BrFN2S. The van der Waals surface area contributed by atoms with Gasteiger partial charge in [-0.2, -0.15) is 0 Å². The predicted octanol–water partition coefficient (Wildman–Crippen LogP) is 4.63. The highest BCUT2D eigenvalue weighted by Crippen LogP contribution is 2.25. The van der Waals surface area contributed by atoms with Gasteiger partial charge in [0, 0.05) is 28.4 Å². The smallest absolute Gasteiger partial charge is 0.124 e. The van der Waals surface area contributed by atoms with E-state index in [1.807, 2.05) is 0 Å². The van der Waals surface area contributed by atoms with Crippen molar-refractivity contribution in [3.05, 3.63) is 50.1 Å². The Kier molecular flexibility index (Phi) is 4.94. The van der Waals surface area contributed by atoms with E-state index in [0.29, 0.717) is 6.54 Å². The van der Waals surface area contributed by atoms with Gasteiger partial charge >= 0.3 is 0 Å². The van der Waals surface area contributed by atoms with E-state index in [-0.39, 0.29) is 11.2 Å². The second-order valence-electron chi connectivity index (χ2n) is 5.73. The molecule has 1 aromatic heterocycles. The first-order valence-corrected chi connectivity index (χ1v) is 8.13. The van der Waals surface area contributed by atoms with Crippen LogP contribution in [0.3, 0.4) is 0 Å². The van der Waals surface area contributed by atoms with Gasteiger partial charge in [0.25, 0.3) is 0 Å². The van der Waals surface area contributed by atoms with Crippen molar-refractivity contribution in [3.63, 3.8) is 0 Å². The molecule has 0 saturated carbocycles. The predicted molar refractivity (Wildman–Crippen MR) is 85.5 cm³/mol. The van der Waals surface area contributed by atoms with Gasteiger partial charge in [-0.3, -0.25) is 0 Å². The van der Waals surface area contributed by atoms with Crippen LogP contribution in [0.2, 0.25) is 0 Å². The van der Waals surface area contributed by atoms with Crippen molar-refractivity contribution in [1.29, 1.82) is 0 Å². The minimum atomic E-state index is -0.227. The average Bonchev–Trinajstić information content (AvgIpc) is 2.80. The van der Waals surface area contributed by atoms with Gasteiger partial charge < -0.3 is 5.32 Å². The van der Waals surface area contributed by atoms with Gasteiger partial charge in [-0.15, -0.1) is 11.3 Å². The molecule has 5 heteroatoms. The van der Waals surface area contributed by atoms with Crippen LogP contribution in [0.15, 0.2) is 28.1 Å². The first-order chi connectivity index (χ1) is 9.36. The first kappa shape index (κ1) is 15.6. The van der Waals surface area contributed by atoms with Crippen LogP contribution in [0.25, 0.3) is 0 Å². The molecule has 1 N–H and O–H groups in total. The number of hydrogen-bond acceptors (Lipinski definition) is 3. The largest absolute Gasteiger partial charge is 0.307 e. The third-order valence-corrected chi connectivity index (χ3v) is 4.89. The van der Waals surface area contributed by atoms with Gasteiger partial charge in [-0.25, -0.2) is 9.37 Å². The zero-order chi connectivity index (χ0) is 14.8. The third kappa shape index (κ3) is 4.11. The molecule has 108 valence electrons. The summed E-state index contributed by atoms with van der Waals surface area (Å²) in [6.45, 7) is 7.90. The minimum absolute atomic E-state index is 0.100. The number of benzene rings is 1. The van der Waals surface area contributed by atoms with Gasteiger partial charge in [0.1, 0.15) is 5.82 Å². The Morgan fingerprint density at radius 1 is 1.30 bits per heavy atom. The molecule has 20 heavy (non-hydrogen) atoms. The highest BCUT2D eigenvalue weighted by Gasteiger charge is 2.17. The normalized spacial score (nSPS) is 11.8. The molecule has 1 aromatic carbocycles. The van der Waals surface area contributed by atoms with Gasteiger partial charge in [-0.1, -0.05) is 42.8 Å². The van der Waals surface area contributed by atoms with Crippen molar-refractivity contribution in [2.75, 3.05) is 0 Å². The van der Waals surface area contributed by atoms with Gasteiger partial charge in [0.05, 0.1) is 10.7 Å². The van der Waals surface area contributed by atoms with Crippen LogP contribution in [-0.2, 0) is 18.5 Å². The minimum Gasteiger partial charge on any atom is -0.307 e. The fourth-order valence-electron chi connectivity index (χ4n) is 1.72. The summed E-state index contributed by atoms with van der Waals surface area (Å²) in [4.78, 5) is 4.63. The Hall–Kier alpha value is -0.780. The lowest BCUT2D eigenvalue weighted by molar-refractivity contribution is 0.579. The molecule has 0 amide bonds. The summed E-state index contributed by atoms with van der Waals surface area (Å²) in [6.07, 6.45) is 0. The van der Waals surface area contributed by atoms with Crippen LogP contribution in [0.4, 0.5) is 4.39 Å². The van der Waals surface area contributed by atoms with Crippen molar-refractivity contribution in [2.45, 2.75) is 39.3 Å². The molecule has 0 atom stereocenters. The van der Waals surface area contributed by atoms with Crippen LogP contribution in [0.5, 0.6) is 0 Å². The fourth-order valence-corrected chi connectivity index (χ4v) is 3.12. The summed E-state index contributed by atoms with van der Waals surface area (Å²) in [6, 6.07) is 4.74. The van der Waals surface area contributed by atoms with Crippen molar-refractivity contribution in [3.8, 4) is 0 Å². The number of nitrogens with one attached hydrogen (secondary N) is 1. The highest BCUT2D eigenvalue weighted by molar-refractivity contribution is 9.10. The van der Waals surface area contributed by atoms with E-state index >= 15 is 0 Å². The lowest BCUT2D eigenvalue weighted by Crippen LogP contribution is -2.15. The number of aromatic nitrogens is 1. The summed E-state index contributed by atoms with van der Waals surface area (Å²) < 4.78 is 13.8. The first-order valence-electron chi connectivity index (χ1n) is 6.46. The average molecular weight is 357 g/mol. The maximum absolute atomic E-state index is 13.0. The lowest BCUT2D eigenvalue weighted by atomic mass is 9.98. The molecule has 0 aliphatic carbocycles. The van der Waals surface area contributed by atoms with Crippen LogP contribution < -0.4 is 5.32 Å². The summed E-state index contributed by atoms with van der Waals surface area (Å²) in [5.41, 5.74) is 2.19. The number of rotatable bonds is 4. The number of nitrogens with zero attached hydrogens (tertiary/aromatic N) is 1. The van der Waals surface area contributed by atoms with Crippen LogP contribution in [-0.4, -0.2) is 4.98 Å². The quantitative estimate of drug-likeness (QED) is 0.863. The van der Waals surface area contributed by atoms with E-state index in [4.69, 9.17) is 0 Å². The second-order valence-corrected chi connectivity index (χ2v) is 7.45. The van der Waals surface area contributed by atoms with Crippen LogP contribution >= 0.6 is 27.3 Å². The Bertz CT molecular complexity index is 590. The monoisotopic (exact) mass is 356 g/mol. The van der Waals surface area contributed by atoms with E-state index in [1.165, 1.54) is 12.1 Å². The molecule has 1 heterocycles. The molecule has 0 bridgehead atoms. The zero-order valence-corrected chi connectivity index (χ0v) is 14.2. The number of halogens is 2. The van der Waals surface area contributed by atoms with Crippen molar-refractivity contribution in [2.24, 2.45) is 0 Å². The number of thiazole rings is 1. The SMILES string of the molecule is CC(C)(C)c1nc(CNCc2ccc(F)cc2Br)cs1. The molecule has 0 aliphatic heterocycles. The zero-order valence-electron chi connectivity index (χ0n) is 11.8. The maximum Gasteiger partial charge on any atom is 0.124 e. The third-order valence-electron chi connectivity index (χ3n) is 2.83. The second kappa shape index (κ2) is 6.33. The molecule has 2 nitrogen and oxygen atoms in total. The fraction of sp³-hybridized carbons (Fsp3) is 0.400. The van der Waals surface area contributed by atoms with Crippen LogP contribution in [0.1, 0.15) is 37.0 Å². The Morgan fingerprint density at radius 3 is 2.65 bits per heavy atom. The highest BCUT2D eigenvalue weighted by atomic mass is 79.9. The van der Waals surface area contributed by atoms with Crippen molar-refractivity contribution in [1.82, 2.24) is 10.3 Å². The summed E-state index contributed by atoms with van der Waals surface area (Å²) in [7, 11) is 0. The molecule has 2 rings (SSSR count). The molecule has 0 fully saturated rings.